The topological polar surface area (TPSA) is 51.7 Å². The maximum absolute atomic E-state index is 12.8. The predicted molar refractivity (Wildman–Crippen MR) is 101 cm³/mol. The number of carbonyl (C=O) groups is 1. The van der Waals surface area contributed by atoms with Gasteiger partial charge in [0.1, 0.15) is 11.4 Å². The van der Waals surface area contributed by atoms with E-state index >= 15 is 0 Å². The fraction of sp³-hybridized carbons (Fsp3) is 0.333. The Labute approximate surface area is 165 Å². The van der Waals surface area contributed by atoms with Gasteiger partial charge in [0, 0.05) is 36.8 Å². The lowest BCUT2D eigenvalue weighted by Gasteiger charge is -2.30. The summed E-state index contributed by atoms with van der Waals surface area (Å²) in [4.78, 5) is 18.4. The zero-order valence-electron chi connectivity index (χ0n) is 15.8. The Bertz CT molecular complexity index is 962. The summed E-state index contributed by atoms with van der Waals surface area (Å²) < 4.78 is 48.9. The fourth-order valence-corrected chi connectivity index (χ4v) is 3.62. The number of benzene rings is 1. The highest BCUT2D eigenvalue weighted by Crippen LogP contribution is 2.38. The molecular weight excluding hydrogens is 385 g/mol. The molecule has 2 aliphatic rings. The summed E-state index contributed by atoms with van der Waals surface area (Å²) in [6.07, 6.45) is -1.35. The van der Waals surface area contributed by atoms with Gasteiger partial charge in [0.05, 0.1) is 26.0 Å². The van der Waals surface area contributed by atoms with Crippen molar-refractivity contribution in [3.63, 3.8) is 0 Å². The largest absolute Gasteiger partial charge is 0.495 e. The van der Waals surface area contributed by atoms with Crippen molar-refractivity contribution in [3.05, 3.63) is 58.4 Å². The van der Waals surface area contributed by atoms with Crippen LogP contribution in [0.15, 0.2) is 36.0 Å². The van der Waals surface area contributed by atoms with E-state index in [4.69, 9.17) is 9.47 Å². The third-order valence-electron chi connectivity index (χ3n) is 5.09. The van der Waals surface area contributed by atoms with Gasteiger partial charge in [-0.15, -0.1) is 0 Å². The summed E-state index contributed by atoms with van der Waals surface area (Å²) in [5.41, 5.74) is 2.37. The maximum atomic E-state index is 12.8. The number of Topliss-reactive ketones (excluding diaryl/α,β-unsaturated/α-hetero) is 1. The number of morpholine rings is 1. The maximum Gasteiger partial charge on any atom is 0.433 e. The highest BCUT2D eigenvalue weighted by atomic mass is 19.4. The minimum Gasteiger partial charge on any atom is -0.495 e. The van der Waals surface area contributed by atoms with E-state index in [-0.39, 0.29) is 5.78 Å². The molecule has 0 unspecified atom stereocenters. The number of rotatable bonds is 3. The molecule has 1 saturated heterocycles. The van der Waals surface area contributed by atoms with Gasteiger partial charge in [-0.2, -0.15) is 13.2 Å². The number of nitrogens with zero attached hydrogens (tertiary/aromatic N) is 2. The second-order valence-corrected chi connectivity index (χ2v) is 6.93. The highest BCUT2D eigenvalue weighted by Gasteiger charge is 2.32. The lowest BCUT2D eigenvalue weighted by Crippen LogP contribution is -2.36. The zero-order valence-corrected chi connectivity index (χ0v) is 15.8. The van der Waals surface area contributed by atoms with Crippen LogP contribution in [0.25, 0.3) is 6.08 Å². The number of allylic oxidation sites excluding steroid dienone is 1. The number of ketones is 1. The molecule has 0 amide bonds. The van der Waals surface area contributed by atoms with Crippen LogP contribution in [0, 0.1) is 0 Å². The van der Waals surface area contributed by atoms with Crippen LogP contribution in [0.2, 0.25) is 0 Å². The standard InChI is InChI=1S/C21H19F3N2O3/c1-28-18-11-16-14(10-17(18)26-4-6-29-7-5-26)9-15(20(16)27)8-13-2-3-19(25-12-13)21(22,23)24/h2-3,8,10-12H,4-7,9H2,1H3/b15-8+. The van der Waals surface area contributed by atoms with Gasteiger partial charge in [0.2, 0.25) is 0 Å². The number of ether oxygens (including phenoxy) is 2. The molecule has 0 atom stereocenters. The number of hydrogen-bond acceptors (Lipinski definition) is 5. The van der Waals surface area contributed by atoms with Gasteiger partial charge in [0.15, 0.2) is 5.78 Å². The molecule has 29 heavy (non-hydrogen) atoms. The van der Waals surface area contributed by atoms with Gasteiger partial charge in [-0.25, -0.2) is 0 Å². The zero-order chi connectivity index (χ0) is 20.6. The van der Waals surface area contributed by atoms with Gasteiger partial charge in [-0.05, 0) is 35.4 Å². The number of pyridine rings is 1. The van der Waals surface area contributed by atoms with Crippen molar-refractivity contribution in [2.45, 2.75) is 12.6 Å². The second kappa shape index (κ2) is 7.51. The summed E-state index contributed by atoms with van der Waals surface area (Å²) in [5.74, 6) is 0.475. The SMILES string of the molecule is COc1cc2c(cc1N1CCOCC1)C/C(=C\c1ccc(C(F)(F)F)nc1)C2=O. The number of aromatic nitrogens is 1. The first-order valence-electron chi connectivity index (χ1n) is 9.19. The molecule has 8 heteroatoms. The van der Waals surface area contributed by atoms with Crippen LogP contribution in [0.5, 0.6) is 5.75 Å². The average Bonchev–Trinajstić information content (AvgIpc) is 3.02. The monoisotopic (exact) mass is 404 g/mol. The Hall–Kier alpha value is -2.87. The summed E-state index contributed by atoms with van der Waals surface area (Å²) >= 11 is 0. The third kappa shape index (κ3) is 3.85. The Morgan fingerprint density at radius 2 is 1.97 bits per heavy atom. The first-order chi connectivity index (χ1) is 13.9. The molecule has 1 aliphatic carbocycles. The molecule has 152 valence electrons. The van der Waals surface area contributed by atoms with Crippen molar-refractivity contribution in [2.24, 2.45) is 0 Å². The Morgan fingerprint density at radius 3 is 2.59 bits per heavy atom. The van der Waals surface area contributed by atoms with E-state index in [1.54, 1.807) is 19.3 Å². The minimum absolute atomic E-state index is 0.147. The van der Waals surface area contributed by atoms with Crippen molar-refractivity contribution in [1.82, 2.24) is 4.98 Å². The number of anilines is 1. The van der Waals surface area contributed by atoms with E-state index in [0.29, 0.717) is 42.1 Å². The van der Waals surface area contributed by atoms with Gasteiger partial charge in [-0.3, -0.25) is 9.78 Å². The van der Waals surface area contributed by atoms with Crippen LogP contribution in [0.4, 0.5) is 18.9 Å². The van der Waals surface area contributed by atoms with Gasteiger partial charge >= 0.3 is 6.18 Å². The number of halogens is 3. The molecule has 1 aromatic carbocycles. The van der Waals surface area contributed by atoms with Gasteiger partial charge in [-0.1, -0.05) is 6.07 Å². The third-order valence-corrected chi connectivity index (χ3v) is 5.09. The van der Waals surface area contributed by atoms with Crippen molar-refractivity contribution < 1.29 is 27.4 Å². The molecule has 0 saturated carbocycles. The average molecular weight is 404 g/mol. The number of methoxy groups -OCH3 is 1. The molecule has 1 aliphatic heterocycles. The molecule has 1 fully saturated rings. The van der Waals surface area contributed by atoms with Crippen molar-refractivity contribution in [3.8, 4) is 5.75 Å². The lowest BCUT2D eigenvalue weighted by molar-refractivity contribution is -0.141. The van der Waals surface area contributed by atoms with Crippen LogP contribution in [-0.4, -0.2) is 44.2 Å². The van der Waals surface area contributed by atoms with Crippen LogP contribution in [-0.2, 0) is 17.3 Å². The Morgan fingerprint density at radius 1 is 1.21 bits per heavy atom. The lowest BCUT2D eigenvalue weighted by atomic mass is 10.1. The number of hydrogen-bond donors (Lipinski definition) is 0. The summed E-state index contributed by atoms with van der Waals surface area (Å²) in [7, 11) is 1.57. The smallest absolute Gasteiger partial charge is 0.433 e. The molecule has 1 aromatic heterocycles. The molecule has 4 rings (SSSR count). The minimum atomic E-state index is -4.49. The normalized spacial score (nSPS) is 18.3. The van der Waals surface area contributed by atoms with Gasteiger partial charge < -0.3 is 14.4 Å². The van der Waals surface area contributed by atoms with Crippen LogP contribution in [0.3, 0.4) is 0 Å². The molecular formula is C21H19F3N2O3. The van der Waals surface area contributed by atoms with E-state index in [1.807, 2.05) is 6.07 Å². The molecule has 0 bridgehead atoms. The molecule has 2 aromatic rings. The molecule has 0 spiro atoms. The second-order valence-electron chi connectivity index (χ2n) is 6.93. The van der Waals surface area contributed by atoms with E-state index in [1.165, 1.54) is 6.07 Å². The molecule has 0 radical (unpaired) electrons. The van der Waals surface area contributed by atoms with E-state index < -0.39 is 11.9 Å². The molecule has 5 nitrogen and oxygen atoms in total. The van der Waals surface area contributed by atoms with E-state index in [9.17, 15) is 18.0 Å². The Kier molecular flexibility index (Phi) is 5.04. The van der Waals surface area contributed by atoms with Crippen molar-refractivity contribution in [2.75, 3.05) is 38.3 Å². The van der Waals surface area contributed by atoms with Crippen LogP contribution >= 0.6 is 0 Å². The fourth-order valence-electron chi connectivity index (χ4n) is 3.62. The highest BCUT2D eigenvalue weighted by molar-refractivity contribution is 6.16. The van der Waals surface area contributed by atoms with Crippen molar-refractivity contribution in [1.29, 1.82) is 0 Å². The first kappa shape index (κ1) is 19.4. The number of alkyl halides is 3. The number of fused-ring (bicyclic) bond motifs is 1. The predicted octanol–water partition coefficient (Wildman–Crippen LogP) is 3.77. The van der Waals surface area contributed by atoms with Gasteiger partial charge in [0.25, 0.3) is 0 Å². The van der Waals surface area contributed by atoms with Crippen LogP contribution in [0.1, 0.15) is 27.2 Å². The number of carbonyl (C=O) groups excluding carboxylic acids is 1. The van der Waals surface area contributed by atoms with Crippen molar-refractivity contribution >= 4 is 17.5 Å². The van der Waals surface area contributed by atoms with Crippen LogP contribution < -0.4 is 9.64 Å². The summed E-state index contributed by atoms with van der Waals surface area (Å²) in [5, 5.41) is 0. The summed E-state index contributed by atoms with van der Waals surface area (Å²) in [6.45, 7) is 2.74. The molecule has 2 heterocycles. The summed E-state index contributed by atoms with van der Waals surface area (Å²) in [6, 6.07) is 5.94. The quantitative estimate of drug-likeness (QED) is 0.729. The van der Waals surface area contributed by atoms with E-state index in [0.717, 1.165) is 36.6 Å². The first-order valence-corrected chi connectivity index (χ1v) is 9.19. The van der Waals surface area contributed by atoms with E-state index in [2.05, 4.69) is 9.88 Å². The molecule has 0 N–H and O–H groups in total. The Balaban J connectivity index is 1.63.